The van der Waals surface area contributed by atoms with Crippen molar-refractivity contribution >= 4 is 21.6 Å². The van der Waals surface area contributed by atoms with Crippen LogP contribution in [0.3, 0.4) is 0 Å². The van der Waals surface area contributed by atoms with Crippen LogP contribution >= 0.6 is 0 Å². The molecule has 0 radical (unpaired) electrons. The molecule has 2 bridgehead atoms. The van der Waals surface area contributed by atoms with E-state index in [0.29, 0.717) is 22.9 Å². The molecule has 0 aliphatic heterocycles. The van der Waals surface area contributed by atoms with Crippen LogP contribution in [0.5, 0.6) is 5.75 Å². The van der Waals surface area contributed by atoms with Crippen LogP contribution in [0.15, 0.2) is 53.4 Å². The summed E-state index contributed by atoms with van der Waals surface area (Å²) >= 11 is 0. The van der Waals surface area contributed by atoms with Crippen molar-refractivity contribution in [3.63, 3.8) is 0 Å². The second-order valence-corrected chi connectivity index (χ2v) is 10.1. The average Bonchev–Trinajstić information content (AvgIpc) is 3.38. The molecule has 0 heterocycles. The molecule has 2 aromatic rings. The molecule has 0 spiro atoms. The second kappa shape index (κ2) is 8.30. The average molecular weight is 429 g/mol. The van der Waals surface area contributed by atoms with E-state index in [1.54, 1.807) is 43.5 Å². The fraction of sp³-hybridized carbons (Fsp3) is 0.435. The van der Waals surface area contributed by atoms with E-state index < -0.39 is 10.0 Å². The lowest BCUT2D eigenvalue weighted by atomic mass is 9.84. The van der Waals surface area contributed by atoms with Gasteiger partial charge in [-0.2, -0.15) is 0 Å². The second-order valence-electron chi connectivity index (χ2n) is 8.46. The molecular weight excluding hydrogens is 400 g/mol. The topological polar surface area (TPSA) is 84.5 Å². The molecule has 2 N–H and O–H groups in total. The van der Waals surface area contributed by atoms with Gasteiger partial charge >= 0.3 is 0 Å². The van der Waals surface area contributed by atoms with Crippen LogP contribution in [-0.4, -0.2) is 27.5 Å². The minimum Gasteiger partial charge on any atom is -0.497 e. The Morgan fingerprint density at radius 2 is 1.73 bits per heavy atom. The molecule has 4 unspecified atom stereocenters. The molecule has 160 valence electrons. The lowest BCUT2D eigenvalue weighted by Gasteiger charge is -2.28. The predicted octanol–water partition coefficient (Wildman–Crippen LogP) is 4.05. The van der Waals surface area contributed by atoms with Crippen molar-refractivity contribution in [1.29, 1.82) is 0 Å². The lowest BCUT2D eigenvalue weighted by molar-refractivity contribution is 0.0915. The van der Waals surface area contributed by atoms with Gasteiger partial charge in [0.25, 0.3) is 15.9 Å². The van der Waals surface area contributed by atoms with E-state index in [0.717, 1.165) is 11.8 Å². The van der Waals surface area contributed by atoms with Crippen LogP contribution in [0.1, 0.15) is 43.0 Å². The number of hydrogen-bond donors (Lipinski definition) is 2. The van der Waals surface area contributed by atoms with Gasteiger partial charge in [0.2, 0.25) is 0 Å². The lowest BCUT2D eigenvalue weighted by Crippen LogP contribution is -2.40. The molecule has 2 aliphatic carbocycles. The molecule has 2 fully saturated rings. The molecule has 7 heteroatoms. The molecule has 2 saturated carbocycles. The molecule has 4 atom stereocenters. The highest BCUT2D eigenvalue weighted by molar-refractivity contribution is 7.92. The predicted molar refractivity (Wildman–Crippen MR) is 116 cm³/mol. The van der Waals surface area contributed by atoms with Gasteiger partial charge < -0.3 is 10.1 Å². The molecule has 0 saturated heterocycles. The summed E-state index contributed by atoms with van der Waals surface area (Å²) in [5.74, 6) is 2.62. The van der Waals surface area contributed by atoms with Gasteiger partial charge in [-0.05, 0) is 92.5 Å². The first-order valence-electron chi connectivity index (χ1n) is 10.4. The maximum absolute atomic E-state index is 12.6. The third-order valence-electron chi connectivity index (χ3n) is 6.56. The number of hydrogen-bond acceptors (Lipinski definition) is 4. The van der Waals surface area contributed by atoms with Crippen LogP contribution in [0.4, 0.5) is 5.69 Å². The number of benzene rings is 2. The van der Waals surface area contributed by atoms with Gasteiger partial charge in [-0.1, -0.05) is 6.42 Å². The van der Waals surface area contributed by atoms with Gasteiger partial charge in [0.05, 0.1) is 12.0 Å². The van der Waals surface area contributed by atoms with Gasteiger partial charge in [-0.3, -0.25) is 9.52 Å². The Labute approximate surface area is 178 Å². The highest BCUT2D eigenvalue weighted by Gasteiger charge is 2.42. The Morgan fingerprint density at radius 1 is 1.03 bits per heavy atom. The van der Waals surface area contributed by atoms with Crippen molar-refractivity contribution in [2.24, 2.45) is 17.8 Å². The zero-order valence-corrected chi connectivity index (χ0v) is 18.1. The van der Waals surface area contributed by atoms with Gasteiger partial charge in [-0.15, -0.1) is 0 Å². The summed E-state index contributed by atoms with van der Waals surface area (Å²) < 4.78 is 32.9. The highest BCUT2D eigenvalue weighted by atomic mass is 32.2. The Kier molecular flexibility index (Phi) is 5.73. The molecular formula is C23H28N2O4S. The van der Waals surface area contributed by atoms with Crippen molar-refractivity contribution in [1.82, 2.24) is 5.32 Å². The normalized spacial score (nSPS) is 23.7. The number of fused-ring (bicyclic) bond motifs is 2. The standard InChI is InChI=1S/C23H28N2O4S/c1-15(22-14-16-3-4-18(22)13-16)24-23(26)17-5-11-21(12-6-17)30(27,28)25-19-7-9-20(29-2)10-8-19/h5-12,15-16,18,22,25H,3-4,13-14H2,1-2H3,(H,24,26). The highest BCUT2D eigenvalue weighted by Crippen LogP contribution is 2.49. The molecule has 0 aromatic heterocycles. The fourth-order valence-corrected chi connectivity index (χ4v) is 6.02. The van der Waals surface area contributed by atoms with Crippen LogP contribution < -0.4 is 14.8 Å². The number of carbonyl (C=O) groups is 1. The molecule has 2 aromatic carbocycles. The molecule has 30 heavy (non-hydrogen) atoms. The Morgan fingerprint density at radius 3 is 2.30 bits per heavy atom. The summed E-state index contributed by atoms with van der Waals surface area (Å²) in [6.07, 6.45) is 5.13. The summed E-state index contributed by atoms with van der Waals surface area (Å²) in [6, 6.07) is 12.8. The summed E-state index contributed by atoms with van der Waals surface area (Å²) in [7, 11) is -2.19. The molecule has 1 amide bonds. The van der Waals surface area contributed by atoms with Crippen molar-refractivity contribution in [2.75, 3.05) is 11.8 Å². The number of sulfonamides is 1. The van der Waals surface area contributed by atoms with Crippen LogP contribution in [0.2, 0.25) is 0 Å². The first-order valence-corrected chi connectivity index (χ1v) is 11.9. The van der Waals surface area contributed by atoms with Gasteiger partial charge in [0.15, 0.2) is 0 Å². The zero-order valence-electron chi connectivity index (χ0n) is 17.3. The van der Waals surface area contributed by atoms with E-state index in [2.05, 4.69) is 17.0 Å². The van der Waals surface area contributed by atoms with Crippen LogP contribution in [-0.2, 0) is 10.0 Å². The quantitative estimate of drug-likeness (QED) is 0.697. The van der Waals surface area contributed by atoms with Crippen LogP contribution in [0.25, 0.3) is 0 Å². The van der Waals surface area contributed by atoms with Gasteiger partial charge in [0, 0.05) is 17.3 Å². The van der Waals surface area contributed by atoms with Crippen molar-refractivity contribution < 1.29 is 17.9 Å². The number of carbonyl (C=O) groups excluding carboxylic acids is 1. The maximum atomic E-state index is 12.6. The van der Waals surface area contributed by atoms with Crippen molar-refractivity contribution in [3.8, 4) is 5.75 Å². The Balaban J connectivity index is 1.39. The minimum absolute atomic E-state index is 0.107. The van der Waals surface area contributed by atoms with E-state index in [9.17, 15) is 13.2 Å². The first-order chi connectivity index (χ1) is 14.4. The number of methoxy groups -OCH3 is 1. The number of amides is 1. The summed E-state index contributed by atoms with van der Waals surface area (Å²) in [5.41, 5.74) is 0.908. The Hall–Kier alpha value is -2.54. The molecule has 6 nitrogen and oxygen atoms in total. The molecule has 2 aliphatic rings. The Bertz CT molecular complexity index is 1000. The zero-order chi connectivity index (χ0) is 21.3. The van der Waals surface area contributed by atoms with E-state index >= 15 is 0 Å². The van der Waals surface area contributed by atoms with Crippen molar-refractivity contribution in [2.45, 2.75) is 43.5 Å². The largest absolute Gasteiger partial charge is 0.497 e. The third kappa shape index (κ3) is 4.31. The van der Waals surface area contributed by atoms with Gasteiger partial charge in [0.1, 0.15) is 5.75 Å². The van der Waals surface area contributed by atoms with Gasteiger partial charge in [-0.25, -0.2) is 8.42 Å². The van der Waals surface area contributed by atoms with E-state index in [4.69, 9.17) is 4.74 Å². The monoisotopic (exact) mass is 428 g/mol. The number of anilines is 1. The smallest absolute Gasteiger partial charge is 0.261 e. The van der Waals surface area contributed by atoms with E-state index in [1.807, 2.05) is 0 Å². The van der Waals surface area contributed by atoms with E-state index in [1.165, 1.54) is 37.8 Å². The minimum atomic E-state index is -3.74. The SMILES string of the molecule is COc1ccc(NS(=O)(=O)c2ccc(C(=O)NC(C)C3CC4CCC3C4)cc2)cc1. The fourth-order valence-electron chi connectivity index (χ4n) is 4.96. The number of rotatable bonds is 7. The third-order valence-corrected chi connectivity index (χ3v) is 7.96. The first kappa shape index (κ1) is 20.7. The van der Waals surface area contributed by atoms with Crippen LogP contribution in [0, 0.1) is 17.8 Å². The molecule has 4 rings (SSSR count). The summed E-state index contributed by atoms with van der Waals surface area (Å²) in [4.78, 5) is 12.7. The summed E-state index contributed by atoms with van der Waals surface area (Å²) in [6.45, 7) is 2.08. The summed E-state index contributed by atoms with van der Waals surface area (Å²) in [5, 5.41) is 3.12. The van der Waals surface area contributed by atoms with E-state index in [-0.39, 0.29) is 16.8 Å². The maximum Gasteiger partial charge on any atom is 0.261 e. The number of nitrogens with one attached hydrogen (secondary N) is 2. The van der Waals surface area contributed by atoms with Crippen molar-refractivity contribution in [3.05, 3.63) is 54.1 Å². The number of ether oxygens (including phenoxy) is 1.